The van der Waals surface area contributed by atoms with Crippen LogP contribution in [0.1, 0.15) is 37.9 Å². The standard InChI is InChI=1S/C20H27ClN8O/c1-29-16(24-14-9-6-7-12(21)17(14)29)11-23-19-26-18(22)27-20(28-19)25-13-8-4-3-5-10-15(13)30-2/h6-7,9,13,15H,3-5,8,10-11H2,1-2H3,(H4,22,23,25,26,27,28)/t13-,15-/m1/s1. The Morgan fingerprint density at radius 2 is 1.93 bits per heavy atom. The highest BCUT2D eigenvalue weighted by Crippen LogP contribution is 2.25. The second-order valence-electron chi connectivity index (χ2n) is 7.55. The molecule has 4 rings (SSSR count). The zero-order chi connectivity index (χ0) is 21.1. The van der Waals surface area contributed by atoms with E-state index in [1.165, 1.54) is 12.8 Å². The Morgan fingerprint density at radius 1 is 1.13 bits per heavy atom. The molecule has 160 valence electrons. The number of hydrogen-bond donors (Lipinski definition) is 3. The van der Waals surface area contributed by atoms with Gasteiger partial charge in [-0.15, -0.1) is 0 Å². The number of para-hydroxylation sites is 1. The van der Waals surface area contributed by atoms with Crippen LogP contribution in [0, 0.1) is 0 Å². The number of fused-ring (bicyclic) bond motifs is 1. The third kappa shape index (κ3) is 4.41. The van der Waals surface area contributed by atoms with Crippen LogP contribution in [-0.2, 0) is 18.3 Å². The van der Waals surface area contributed by atoms with Gasteiger partial charge >= 0.3 is 0 Å². The van der Waals surface area contributed by atoms with Gasteiger partial charge in [-0.2, -0.15) is 15.0 Å². The molecule has 1 saturated carbocycles. The van der Waals surface area contributed by atoms with Gasteiger partial charge in [0.25, 0.3) is 0 Å². The van der Waals surface area contributed by atoms with Gasteiger partial charge in [0.05, 0.1) is 34.7 Å². The molecule has 1 aliphatic rings. The fourth-order valence-electron chi connectivity index (χ4n) is 4.01. The molecule has 0 unspecified atom stereocenters. The van der Waals surface area contributed by atoms with E-state index in [4.69, 9.17) is 22.1 Å². The van der Waals surface area contributed by atoms with Gasteiger partial charge in [-0.3, -0.25) is 0 Å². The average molecular weight is 431 g/mol. The second kappa shape index (κ2) is 9.01. The zero-order valence-corrected chi connectivity index (χ0v) is 18.0. The molecular weight excluding hydrogens is 404 g/mol. The van der Waals surface area contributed by atoms with Crippen molar-refractivity contribution in [2.45, 2.75) is 50.8 Å². The van der Waals surface area contributed by atoms with Gasteiger partial charge in [0, 0.05) is 14.2 Å². The number of nitrogens with zero attached hydrogens (tertiary/aromatic N) is 5. The van der Waals surface area contributed by atoms with E-state index in [1.807, 2.05) is 29.8 Å². The number of halogens is 1. The maximum absolute atomic E-state index is 6.31. The Balaban J connectivity index is 1.50. The summed E-state index contributed by atoms with van der Waals surface area (Å²) >= 11 is 6.31. The van der Waals surface area contributed by atoms with Gasteiger partial charge in [-0.05, 0) is 25.0 Å². The van der Waals surface area contributed by atoms with Crippen LogP contribution in [-0.4, -0.2) is 43.8 Å². The minimum atomic E-state index is 0.131. The van der Waals surface area contributed by atoms with E-state index in [0.717, 1.165) is 36.1 Å². The fraction of sp³-hybridized carbons (Fsp3) is 0.500. The van der Waals surface area contributed by atoms with Crippen molar-refractivity contribution in [1.29, 1.82) is 0 Å². The van der Waals surface area contributed by atoms with Crippen molar-refractivity contribution in [3.05, 3.63) is 29.0 Å². The molecule has 3 aromatic rings. The van der Waals surface area contributed by atoms with E-state index in [0.29, 0.717) is 23.5 Å². The number of nitrogens with two attached hydrogens (primary N) is 1. The molecule has 30 heavy (non-hydrogen) atoms. The molecule has 0 spiro atoms. The number of methoxy groups -OCH3 is 1. The van der Waals surface area contributed by atoms with Gasteiger partial charge in [-0.25, -0.2) is 4.98 Å². The zero-order valence-electron chi connectivity index (χ0n) is 17.2. The minimum Gasteiger partial charge on any atom is -0.379 e. The maximum Gasteiger partial charge on any atom is 0.229 e. The summed E-state index contributed by atoms with van der Waals surface area (Å²) in [6.45, 7) is 0.425. The van der Waals surface area contributed by atoms with E-state index in [-0.39, 0.29) is 18.1 Å². The van der Waals surface area contributed by atoms with Gasteiger partial charge in [0.15, 0.2) is 0 Å². The predicted molar refractivity (Wildman–Crippen MR) is 119 cm³/mol. The summed E-state index contributed by atoms with van der Waals surface area (Å²) in [7, 11) is 3.69. The molecular formula is C20H27ClN8O. The SMILES string of the molecule is CO[C@@H]1CCCCC[C@H]1Nc1nc(N)nc(NCc2nc3cccc(Cl)c3n2C)n1. The van der Waals surface area contributed by atoms with E-state index >= 15 is 0 Å². The number of imidazole rings is 1. The normalized spacial score (nSPS) is 19.6. The van der Waals surface area contributed by atoms with Crippen LogP contribution in [0.2, 0.25) is 5.02 Å². The highest BCUT2D eigenvalue weighted by molar-refractivity contribution is 6.35. The average Bonchev–Trinajstić information content (AvgIpc) is 2.89. The minimum absolute atomic E-state index is 0.131. The Kier molecular flexibility index (Phi) is 6.19. The fourth-order valence-corrected chi connectivity index (χ4v) is 4.30. The number of anilines is 3. The van der Waals surface area contributed by atoms with Crippen molar-refractivity contribution in [1.82, 2.24) is 24.5 Å². The first-order valence-corrected chi connectivity index (χ1v) is 10.6. The lowest BCUT2D eigenvalue weighted by atomic mass is 10.1. The number of hydrogen-bond acceptors (Lipinski definition) is 8. The van der Waals surface area contributed by atoms with Crippen LogP contribution in [0.4, 0.5) is 17.8 Å². The van der Waals surface area contributed by atoms with Crippen molar-refractivity contribution < 1.29 is 4.74 Å². The van der Waals surface area contributed by atoms with Crippen molar-refractivity contribution >= 4 is 40.5 Å². The number of aryl methyl sites for hydroxylation is 1. The molecule has 10 heteroatoms. The number of ether oxygens (including phenoxy) is 1. The van der Waals surface area contributed by atoms with Gasteiger partial charge in [0.2, 0.25) is 17.8 Å². The molecule has 2 atom stereocenters. The number of rotatable bonds is 6. The third-order valence-electron chi connectivity index (χ3n) is 5.56. The highest BCUT2D eigenvalue weighted by atomic mass is 35.5. The first-order valence-electron chi connectivity index (χ1n) is 10.2. The molecule has 9 nitrogen and oxygen atoms in total. The molecule has 2 aromatic heterocycles. The van der Waals surface area contributed by atoms with Crippen LogP contribution < -0.4 is 16.4 Å². The highest BCUT2D eigenvalue weighted by Gasteiger charge is 2.24. The number of benzene rings is 1. The molecule has 1 fully saturated rings. The number of nitrogens with one attached hydrogen (secondary N) is 2. The molecule has 2 heterocycles. The van der Waals surface area contributed by atoms with E-state index in [1.54, 1.807) is 7.11 Å². The number of aromatic nitrogens is 5. The van der Waals surface area contributed by atoms with E-state index < -0.39 is 0 Å². The van der Waals surface area contributed by atoms with Gasteiger partial charge in [0.1, 0.15) is 5.82 Å². The first kappa shape index (κ1) is 20.6. The second-order valence-corrected chi connectivity index (χ2v) is 7.96. The first-order chi connectivity index (χ1) is 14.5. The summed E-state index contributed by atoms with van der Waals surface area (Å²) in [6.07, 6.45) is 5.70. The molecule has 0 amide bonds. The van der Waals surface area contributed by atoms with E-state index in [2.05, 4.69) is 30.6 Å². The monoisotopic (exact) mass is 430 g/mol. The van der Waals surface area contributed by atoms with Crippen molar-refractivity contribution in [2.75, 3.05) is 23.5 Å². The molecule has 0 saturated heterocycles. The predicted octanol–water partition coefficient (Wildman–Crippen LogP) is 3.37. The summed E-state index contributed by atoms with van der Waals surface area (Å²) in [6, 6.07) is 5.83. The Labute approximate surface area is 180 Å². The molecule has 0 aliphatic heterocycles. The Morgan fingerprint density at radius 3 is 2.73 bits per heavy atom. The summed E-state index contributed by atoms with van der Waals surface area (Å²) in [5.41, 5.74) is 7.67. The van der Waals surface area contributed by atoms with Crippen LogP contribution in [0.5, 0.6) is 0 Å². The molecule has 1 aromatic carbocycles. The van der Waals surface area contributed by atoms with Crippen LogP contribution >= 0.6 is 11.6 Å². The number of nitrogen functional groups attached to an aromatic ring is 1. The topological polar surface area (TPSA) is 116 Å². The van der Waals surface area contributed by atoms with Crippen molar-refractivity contribution in [2.24, 2.45) is 7.05 Å². The van der Waals surface area contributed by atoms with Crippen LogP contribution in [0.15, 0.2) is 18.2 Å². The lowest BCUT2D eigenvalue weighted by Gasteiger charge is -2.25. The molecule has 1 aliphatic carbocycles. The largest absolute Gasteiger partial charge is 0.379 e. The van der Waals surface area contributed by atoms with Crippen LogP contribution in [0.3, 0.4) is 0 Å². The molecule has 0 bridgehead atoms. The molecule has 0 radical (unpaired) electrons. The Bertz CT molecular complexity index is 1020. The lowest BCUT2D eigenvalue weighted by molar-refractivity contribution is 0.0804. The Hall–Kier alpha value is -2.65. The van der Waals surface area contributed by atoms with E-state index in [9.17, 15) is 0 Å². The summed E-state index contributed by atoms with van der Waals surface area (Å²) < 4.78 is 7.63. The van der Waals surface area contributed by atoms with Crippen LogP contribution in [0.25, 0.3) is 11.0 Å². The van der Waals surface area contributed by atoms with Gasteiger partial charge in [-0.1, -0.05) is 36.9 Å². The quantitative estimate of drug-likeness (QED) is 0.510. The summed E-state index contributed by atoms with van der Waals surface area (Å²) in [5, 5.41) is 7.26. The van der Waals surface area contributed by atoms with Crippen molar-refractivity contribution in [3.63, 3.8) is 0 Å². The maximum atomic E-state index is 6.31. The summed E-state index contributed by atoms with van der Waals surface area (Å²) in [5.74, 6) is 1.82. The van der Waals surface area contributed by atoms with Gasteiger partial charge < -0.3 is 25.7 Å². The summed E-state index contributed by atoms with van der Waals surface area (Å²) in [4.78, 5) is 17.6. The van der Waals surface area contributed by atoms with Crippen molar-refractivity contribution in [3.8, 4) is 0 Å². The third-order valence-corrected chi connectivity index (χ3v) is 5.87. The lowest BCUT2D eigenvalue weighted by Crippen LogP contribution is -2.35. The molecule has 4 N–H and O–H groups in total. The smallest absolute Gasteiger partial charge is 0.229 e.